The van der Waals surface area contributed by atoms with Crippen molar-refractivity contribution in [2.24, 2.45) is 7.05 Å². The summed E-state index contributed by atoms with van der Waals surface area (Å²) in [5.74, 6) is 1.50. The summed E-state index contributed by atoms with van der Waals surface area (Å²) < 4.78 is 13.1. The van der Waals surface area contributed by atoms with Crippen molar-refractivity contribution in [2.45, 2.75) is 13.1 Å². The van der Waals surface area contributed by atoms with E-state index in [0.29, 0.717) is 31.3 Å². The van der Waals surface area contributed by atoms with Crippen LogP contribution in [0.25, 0.3) is 0 Å². The van der Waals surface area contributed by atoms with Crippen LogP contribution in [0.3, 0.4) is 0 Å². The second kappa shape index (κ2) is 10.4. The maximum absolute atomic E-state index is 11.9. The van der Waals surface area contributed by atoms with Crippen LogP contribution in [0, 0.1) is 0 Å². The minimum absolute atomic E-state index is 0.231. The Labute approximate surface area is 174 Å². The molecule has 3 aromatic rings. The standard InChI is InChI=1S/C21H23ClN4O3/c1-26-15-23-13-18(26)14-25-21(27)24-12-16-2-6-19(7-3-16)28-10-11-29-20-8-4-17(22)5-9-20/h2-9,13,15H,10-12,14H2,1H3,(H2,24,25,27). The van der Waals surface area contributed by atoms with Gasteiger partial charge < -0.3 is 24.7 Å². The van der Waals surface area contributed by atoms with Crippen LogP contribution < -0.4 is 20.1 Å². The SMILES string of the molecule is Cn1cncc1CNC(=O)NCc1ccc(OCCOc2ccc(Cl)cc2)cc1. The zero-order valence-electron chi connectivity index (χ0n) is 16.1. The lowest BCUT2D eigenvalue weighted by Gasteiger charge is -2.10. The number of carbonyl (C=O) groups is 1. The zero-order chi connectivity index (χ0) is 20.5. The van der Waals surface area contributed by atoms with E-state index in [1.165, 1.54) is 0 Å². The van der Waals surface area contributed by atoms with Crippen LogP contribution in [0.2, 0.25) is 5.02 Å². The van der Waals surface area contributed by atoms with E-state index in [2.05, 4.69) is 15.6 Å². The number of halogens is 1. The molecule has 0 unspecified atom stereocenters. The number of urea groups is 1. The molecule has 8 heteroatoms. The van der Waals surface area contributed by atoms with Gasteiger partial charge in [-0.3, -0.25) is 0 Å². The van der Waals surface area contributed by atoms with Gasteiger partial charge in [-0.2, -0.15) is 0 Å². The van der Waals surface area contributed by atoms with Crippen LogP contribution in [0.15, 0.2) is 61.1 Å². The number of carbonyl (C=O) groups excluding carboxylic acids is 1. The average molecular weight is 415 g/mol. The van der Waals surface area contributed by atoms with Gasteiger partial charge in [0.1, 0.15) is 24.7 Å². The molecule has 2 aromatic carbocycles. The van der Waals surface area contributed by atoms with E-state index in [4.69, 9.17) is 21.1 Å². The summed E-state index contributed by atoms with van der Waals surface area (Å²) >= 11 is 5.84. The number of nitrogens with one attached hydrogen (secondary N) is 2. The molecule has 3 rings (SSSR count). The molecule has 29 heavy (non-hydrogen) atoms. The summed E-state index contributed by atoms with van der Waals surface area (Å²) in [7, 11) is 1.88. The number of aromatic nitrogens is 2. The molecule has 0 saturated heterocycles. The number of imidazole rings is 1. The predicted octanol–water partition coefficient (Wildman–Crippen LogP) is 3.53. The van der Waals surface area contributed by atoms with E-state index >= 15 is 0 Å². The van der Waals surface area contributed by atoms with Gasteiger partial charge in [-0.1, -0.05) is 23.7 Å². The number of nitrogens with zero attached hydrogens (tertiary/aromatic N) is 2. The number of hydrogen-bond donors (Lipinski definition) is 2. The molecule has 1 aromatic heterocycles. The largest absolute Gasteiger partial charge is 0.490 e. The van der Waals surface area contributed by atoms with Crippen molar-refractivity contribution in [3.8, 4) is 11.5 Å². The number of hydrogen-bond acceptors (Lipinski definition) is 4. The van der Waals surface area contributed by atoms with Crippen molar-refractivity contribution < 1.29 is 14.3 Å². The summed E-state index contributed by atoms with van der Waals surface area (Å²) in [6.07, 6.45) is 3.42. The Balaban J connectivity index is 1.33. The van der Waals surface area contributed by atoms with E-state index in [1.807, 2.05) is 48.0 Å². The first kappa shape index (κ1) is 20.5. The first-order chi connectivity index (χ1) is 14.1. The monoisotopic (exact) mass is 414 g/mol. The average Bonchev–Trinajstić information content (AvgIpc) is 3.15. The highest BCUT2D eigenvalue weighted by Gasteiger charge is 2.03. The minimum atomic E-state index is -0.231. The third-order valence-electron chi connectivity index (χ3n) is 4.16. The van der Waals surface area contributed by atoms with Gasteiger partial charge in [-0.05, 0) is 42.0 Å². The Morgan fingerprint density at radius 1 is 0.966 bits per heavy atom. The maximum Gasteiger partial charge on any atom is 0.315 e. The first-order valence-electron chi connectivity index (χ1n) is 9.17. The van der Waals surface area contributed by atoms with E-state index in [-0.39, 0.29) is 6.03 Å². The lowest BCUT2D eigenvalue weighted by Crippen LogP contribution is -2.34. The Morgan fingerprint density at radius 3 is 2.14 bits per heavy atom. The molecule has 0 aliphatic heterocycles. The zero-order valence-corrected chi connectivity index (χ0v) is 16.9. The molecule has 0 aliphatic carbocycles. The molecule has 0 atom stereocenters. The van der Waals surface area contributed by atoms with Crippen molar-refractivity contribution in [2.75, 3.05) is 13.2 Å². The Bertz CT molecular complexity index is 910. The minimum Gasteiger partial charge on any atom is -0.490 e. The van der Waals surface area contributed by atoms with Crippen LogP contribution in [0.4, 0.5) is 4.79 Å². The van der Waals surface area contributed by atoms with Gasteiger partial charge in [0.2, 0.25) is 0 Å². The molecule has 0 saturated carbocycles. The molecule has 2 amide bonds. The third-order valence-corrected chi connectivity index (χ3v) is 4.41. The fourth-order valence-corrected chi connectivity index (χ4v) is 2.65. The number of benzene rings is 2. The molecule has 152 valence electrons. The lowest BCUT2D eigenvalue weighted by atomic mass is 10.2. The van der Waals surface area contributed by atoms with Crippen molar-refractivity contribution in [3.05, 3.63) is 77.3 Å². The topological polar surface area (TPSA) is 77.4 Å². The number of amides is 2. The van der Waals surface area contributed by atoms with Crippen molar-refractivity contribution in [1.29, 1.82) is 0 Å². The highest BCUT2D eigenvalue weighted by atomic mass is 35.5. The van der Waals surface area contributed by atoms with E-state index in [0.717, 1.165) is 22.8 Å². The molecule has 0 radical (unpaired) electrons. The highest BCUT2D eigenvalue weighted by molar-refractivity contribution is 6.30. The molecule has 0 spiro atoms. The van der Waals surface area contributed by atoms with E-state index in [9.17, 15) is 4.79 Å². The summed E-state index contributed by atoms with van der Waals surface area (Å²) in [4.78, 5) is 15.9. The molecule has 2 N–H and O–H groups in total. The van der Waals surface area contributed by atoms with Gasteiger partial charge in [-0.25, -0.2) is 9.78 Å². The van der Waals surface area contributed by atoms with Crippen molar-refractivity contribution in [1.82, 2.24) is 20.2 Å². The molecule has 0 aliphatic rings. The van der Waals surface area contributed by atoms with Crippen LogP contribution in [0.1, 0.15) is 11.3 Å². The smallest absolute Gasteiger partial charge is 0.315 e. The molecule has 7 nitrogen and oxygen atoms in total. The maximum atomic E-state index is 11.9. The van der Waals surface area contributed by atoms with Gasteiger partial charge in [0.25, 0.3) is 0 Å². The second-order valence-electron chi connectivity index (χ2n) is 6.33. The quantitative estimate of drug-likeness (QED) is 0.525. The number of ether oxygens (including phenoxy) is 2. The van der Waals surface area contributed by atoms with Gasteiger partial charge in [0.05, 0.1) is 18.6 Å². The summed E-state index contributed by atoms with van der Waals surface area (Å²) in [5.41, 5.74) is 1.91. The molecular formula is C21H23ClN4O3. The van der Waals surface area contributed by atoms with Crippen molar-refractivity contribution in [3.63, 3.8) is 0 Å². The Kier molecular flexibility index (Phi) is 7.35. The van der Waals surface area contributed by atoms with Crippen LogP contribution >= 0.6 is 11.6 Å². The fourth-order valence-electron chi connectivity index (χ4n) is 2.52. The normalized spacial score (nSPS) is 10.4. The highest BCUT2D eigenvalue weighted by Crippen LogP contribution is 2.16. The third kappa shape index (κ3) is 6.73. The van der Waals surface area contributed by atoms with E-state index < -0.39 is 0 Å². The van der Waals surface area contributed by atoms with Crippen LogP contribution in [-0.4, -0.2) is 28.8 Å². The molecule has 0 fully saturated rings. The molecule has 1 heterocycles. The molecule has 0 bridgehead atoms. The van der Waals surface area contributed by atoms with Crippen LogP contribution in [-0.2, 0) is 20.1 Å². The van der Waals surface area contributed by atoms with Gasteiger partial charge in [0.15, 0.2) is 0 Å². The Hall–Kier alpha value is -3.19. The number of aryl methyl sites for hydroxylation is 1. The van der Waals surface area contributed by atoms with Crippen LogP contribution in [0.5, 0.6) is 11.5 Å². The lowest BCUT2D eigenvalue weighted by molar-refractivity contribution is 0.217. The van der Waals surface area contributed by atoms with Gasteiger partial charge >= 0.3 is 6.03 Å². The summed E-state index contributed by atoms with van der Waals surface area (Å²) in [6.45, 7) is 1.71. The predicted molar refractivity (Wildman–Crippen MR) is 111 cm³/mol. The van der Waals surface area contributed by atoms with Gasteiger partial charge in [0, 0.05) is 24.8 Å². The fraction of sp³-hybridized carbons (Fsp3) is 0.238. The summed E-state index contributed by atoms with van der Waals surface area (Å²) in [6, 6.07) is 14.5. The summed E-state index contributed by atoms with van der Waals surface area (Å²) in [5, 5.41) is 6.30. The van der Waals surface area contributed by atoms with Crippen molar-refractivity contribution >= 4 is 17.6 Å². The van der Waals surface area contributed by atoms with E-state index in [1.54, 1.807) is 24.7 Å². The number of rotatable bonds is 9. The molecular weight excluding hydrogens is 392 g/mol. The Morgan fingerprint density at radius 2 is 1.55 bits per heavy atom. The van der Waals surface area contributed by atoms with Gasteiger partial charge in [-0.15, -0.1) is 0 Å². The second-order valence-corrected chi connectivity index (χ2v) is 6.76. The first-order valence-corrected chi connectivity index (χ1v) is 9.55.